The molecule has 0 aliphatic heterocycles. The molecule has 0 amide bonds. The second-order valence-electron chi connectivity index (χ2n) is 11.3. The number of aromatic nitrogens is 1. The Morgan fingerprint density at radius 3 is 1.88 bits per heavy atom. The Kier molecular flexibility index (Phi) is 6.81. The first-order valence-corrected chi connectivity index (χ1v) is 16.0. The van der Waals surface area contributed by atoms with E-state index in [4.69, 9.17) is 0 Å². The van der Waals surface area contributed by atoms with Crippen molar-refractivity contribution in [3.8, 4) is 5.69 Å². The molecule has 5 aromatic carbocycles. The number of hydrogen-bond donors (Lipinski definition) is 0. The van der Waals surface area contributed by atoms with Crippen molar-refractivity contribution in [2.45, 2.75) is 65.2 Å². The van der Waals surface area contributed by atoms with Crippen LogP contribution in [0.2, 0.25) is 0 Å². The number of para-hydroxylation sites is 1. The summed E-state index contributed by atoms with van der Waals surface area (Å²) in [6.07, 6.45) is 10.0. The maximum atomic E-state index is 2.55. The van der Waals surface area contributed by atoms with Crippen LogP contribution in [0.15, 0.2) is 91.0 Å². The van der Waals surface area contributed by atoms with Crippen molar-refractivity contribution in [2.75, 3.05) is 0 Å². The molecule has 1 nitrogen and oxygen atoms in total. The van der Waals surface area contributed by atoms with Gasteiger partial charge in [-0.15, -0.1) is 11.3 Å². The lowest BCUT2D eigenvalue weighted by Crippen LogP contribution is -1.99. The van der Waals surface area contributed by atoms with Crippen LogP contribution in [0.1, 0.15) is 63.5 Å². The Labute approximate surface area is 241 Å². The molecule has 7 aromatic rings. The molecule has 0 atom stereocenters. The van der Waals surface area contributed by atoms with Crippen LogP contribution < -0.4 is 0 Å². The van der Waals surface area contributed by atoms with Gasteiger partial charge in [-0.2, -0.15) is 0 Å². The monoisotopic (exact) mass is 539 g/mol. The van der Waals surface area contributed by atoms with Crippen molar-refractivity contribution in [1.82, 2.24) is 4.57 Å². The zero-order valence-corrected chi connectivity index (χ0v) is 24.5. The minimum Gasteiger partial charge on any atom is -0.309 e. The summed E-state index contributed by atoms with van der Waals surface area (Å²) in [7, 11) is 0. The number of aryl methyl sites for hydroxylation is 2. The van der Waals surface area contributed by atoms with Crippen LogP contribution in [0, 0.1) is 0 Å². The summed E-state index contributed by atoms with van der Waals surface area (Å²) in [4.78, 5) is 0. The molecule has 0 bridgehead atoms. The maximum Gasteiger partial charge on any atom is 0.0619 e. The van der Waals surface area contributed by atoms with E-state index in [1.807, 2.05) is 11.3 Å². The number of nitrogens with zero attached hydrogens (tertiary/aromatic N) is 1. The van der Waals surface area contributed by atoms with Gasteiger partial charge < -0.3 is 4.57 Å². The van der Waals surface area contributed by atoms with Gasteiger partial charge in [-0.3, -0.25) is 0 Å². The molecule has 0 aliphatic rings. The van der Waals surface area contributed by atoms with E-state index in [1.54, 1.807) is 11.1 Å². The molecular weight excluding hydrogens is 502 g/mol. The van der Waals surface area contributed by atoms with E-state index in [1.165, 1.54) is 110 Å². The molecule has 0 N–H and O–H groups in total. The van der Waals surface area contributed by atoms with E-state index in [2.05, 4.69) is 109 Å². The summed E-state index contributed by atoms with van der Waals surface area (Å²) in [5.41, 5.74) is 7.03. The topological polar surface area (TPSA) is 4.93 Å². The number of hydrogen-bond acceptors (Lipinski definition) is 1. The lowest BCUT2D eigenvalue weighted by molar-refractivity contribution is 0.694. The van der Waals surface area contributed by atoms with Crippen molar-refractivity contribution in [1.29, 1.82) is 0 Å². The third kappa shape index (κ3) is 4.21. The average molecular weight is 540 g/mol. The number of benzene rings is 5. The van der Waals surface area contributed by atoms with Gasteiger partial charge in [0.1, 0.15) is 0 Å². The van der Waals surface area contributed by atoms with Crippen LogP contribution in [0.25, 0.3) is 58.4 Å². The minimum absolute atomic E-state index is 1.17. The second kappa shape index (κ2) is 10.7. The van der Waals surface area contributed by atoms with E-state index in [9.17, 15) is 0 Å². The first-order valence-electron chi connectivity index (χ1n) is 15.2. The molecular formula is C38H37NS. The van der Waals surface area contributed by atoms with E-state index in [0.29, 0.717) is 0 Å². The van der Waals surface area contributed by atoms with Crippen molar-refractivity contribution < 1.29 is 0 Å². The van der Waals surface area contributed by atoms with Crippen LogP contribution in [0.5, 0.6) is 0 Å². The fraction of sp³-hybridized carbons (Fsp3) is 0.263. The van der Waals surface area contributed by atoms with Gasteiger partial charge in [-0.05, 0) is 67.1 Å². The Balaban J connectivity index is 1.55. The van der Waals surface area contributed by atoms with Crippen molar-refractivity contribution in [3.63, 3.8) is 0 Å². The van der Waals surface area contributed by atoms with Crippen LogP contribution in [-0.2, 0) is 12.8 Å². The average Bonchev–Trinajstić information content (AvgIpc) is 3.53. The smallest absolute Gasteiger partial charge is 0.0619 e. The first-order chi connectivity index (χ1) is 19.8. The summed E-state index contributed by atoms with van der Waals surface area (Å²) in [5, 5.41) is 8.19. The molecule has 200 valence electrons. The number of unbranched alkanes of at least 4 members (excludes halogenated alkanes) is 4. The minimum atomic E-state index is 1.17. The summed E-state index contributed by atoms with van der Waals surface area (Å²) in [5.74, 6) is 0. The molecule has 40 heavy (non-hydrogen) atoms. The van der Waals surface area contributed by atoms with Gasteiger partial charge in [0.2, 0.25) is 0 Å². The highest BCUT2D eigenvalue weighted by Crippen LogP contribution is 2.43. The normalized spacial score (nSPS) is 12.1. The molecule has 0 spiro atoms. The standard InChI is InChI=1S/C38H37NS/c1-3-5-8-14-26-24-34-31-21-23-33-30(20-22-32-29-18-12-13-19-36(29)40-38(32)33)37(31)39(28-16-10-7-11-17-28)35(34)25-27(26)15-9-6-4-2/h7,10-13,16-25H,3-6,8-9,14-15H2,1-2H3. The SMILES string of the molecule is CCCCCc1cc2c3ccc4c(ccc5c6ccccc6sc54)c3n(-c3ccccc3)c2cc1CCCCC. The highest BCUT2D eigenvalue weighted by atomic mass is 32.1. The molecule has 0 saturated heterocycles. The molecule has 2 aromatic heterocycles. The predicted molar refractivity (Wildman–Crippen MR) is 178 cm³/mol. The highest BCUT2D eigenvalue weighted by Gasteiger charge is 2.19. The lowest BCUT2D eigenvalue weighted by Gasteiger charge is -2.13. The Morgan fingerprint density at radius 2 is 1.15 bits per heavy atom. The Hall–Kier alpha value is -3.62. The zero-order chi connectivity index (χ0) is 27.1. The van der Waals surface area contributed by atoms with Gasteiger partial charge in [-0.1, -0.05) is 100 Å². The summed E-state index contributed by atoms with van der Waals surface area (Å²) in [6.45, 7) is 4.61. The fourth-order valence-corrected chi connectivity index (χ4v) is 7.90. The fourth-order valence-electron chi connectivity index (χ4n) is 6.67. The van der Waals surface area contributed by atoms with E-state index < -0.39 is 0 Å². The molecule has 0 unspecified atom stereocenters. The third-order valence-corrected chi connectivity index (χ3v) is 9.92. The molecule has 2 heteroatoms. The zero-order valence-electron chi connectivity index (χ0n) is 23.7. The summed E-state index contributed by atoms with van der Waals surface area (Å²) in [6, 6.07) is 34.4. The maximum absolute atomic E-state index is 2.55. The van der Waals surface area contributed by atoms with Gasteiger partial charge in [0.05, 0.1) is 11.0 Å². The van der Waals surface area contributed by atoms with Gasteiger partial charge in [0.15, 0.2) is 0 Å². The third-order valence-electron chi connectivity index (χ3n) is 8.70. The Morgan fingerprint density at radius 1 is 0.550 bits per heavy atom. The van der Waals surface area contributed by atoms with Crippen molar-refractivity contribution in [2.24, 2.45) is 0 Å². The largest absolute Gasteiger partial charge is 0.309 e. The van der Waals surface area contributed by atoms with Gasteiger partial charge >= 0.3 is 0 Å². The molecule has 2 heterocycles. The van der Waals surface area contributed by atoms with Crippen LogP contribution in [0.3, 0.4) is 0 Å². The quantitative estimate of drug-likeness (QED) is 0.161. The van der Waals surface area contributed by atoms with Crippen LogP contribution in [0.4, 0.5) is 0 Å². The summed E-state index contributed by atoms with van der Waals surface area (Å²) >= 11 is 1.93. The van der Waals surface area contributed by atoms with E-state index in [-0.39, 0.29) is 0 Å². The first kappa shape index (κ1) is 25.4. The molecule has 0 fully saturated rings. The molecule has 0 aliphatic carbocycles. The molecule has 0 saturated carbocycles. The highest BCUT2D eigenvalue weighted by molar-refractivity contribution is 7.26. The Bertz CT molecular complexity index is 1970. The molecule has 7 rings (SSSR count). The number of rotatable bonds is 9. The summed E-state index contributed by atoms with van der Waals surface area (Å²) < 4.78 is 5.30. The van der Waals surface area contributed by atoms with Crippen LogP contribution in [-0.4, -0.2) is 4.57 Å². The predicted octanol–water partition coefficient (Wildman–Crippen LogP) is 11.8. The second-order valence-corrected chi connectivity index (χ2v) is 12.4. The number of thiophene rings is 1. The van der Waals surface area contributed by atoms with Gasteiger partial charge in [-0.25, -0.2) is 0 Å². The van der Waals surface area contributed by atoms with Gasteiger partial charge in [0, 0.05) is 47.4 Å². The van der Waals surface area contributed by atoms with Crippen molar-refractivity contribution in [3.05, 3.63) is 102 Å². The lowest BCUT2D eigenvalue weighted by atomic mass is 9.94. The van der Waals surface area contributed by atoms with E-state index >= 15 is 0 Å². The number of fused-ring (bicyclic) bond motifs is 9. The van der Waals surface area contributed by atoms with Crippen LogP contribution >= 0.6 is 11.3 Å². The van der Waals surface area contributed by atoms with E-state index in [0.717, 1.165) is 0 Å². The van der Waals surface area contributed by atoms with Crippen molar-refractivity contribution >= 4 is 64.1 Å². The van der Waals surface area contributed by atoms with Gasteiger partial charge in [0.25, 0.3) is 0 Å². The molecule has 0 radical (unpaired) electrons.